The second kappa shape index (κ2) is 6.11. The fraction of sp³-hybridized carbons (Fsp3) is 0.0625. The summed E-state index contributed by atoms with van der Waals surface area (Å²) in [6.45, 7) is 0.197. The van der Waals surface area contributed by atoms with Crippen LogP contribution in [0, 0.1) is 5.82 Å². The lowest BCUT2D eigenvalue weighted by atomic mass is 10.2. The topological polar surface area (TPSA) is 101 Å². The van der Waals surface area contributed by atoms with E-state index in [1.807, 2.05) is 0 Å². The third-order valence-corrected chi connectivity index (χ3v) is 3.60. The Morgan fingerprint density at radius 1 is 1.20 bits per heavy atom. The zero-order valence-electron chi connectivity index (χ0n) is 12.8. The molecule has 0 spiro atoms. The minimum Gasteiger partial charge on any atom is -0.345 e. The van der Waals surface area contributed by atoms with E-state index in [4.69, 9.17) is 0 Å². The molecule has 0 radical (unpaired) electrons. The van der Waals surface area contributed by atoms with Crippen molar-refractivity contribution < 1.29 is 9.18 Å². The summed E-state index contributed by atoms with van der Waals surface area (Å²) in [6, 6.07) is 7.64. The molecule has 1 aromatic carbocycles. The summed E-state index contributed by atoms with van der Waals surface area (Å²) < 4.78 is 14.8. The number of nitrogens with one attached hydrogen (secondary N) is 2. The van der Waals surface area contributed by atoms with Crippen molar-refractivity contribution in [2.45, 2.75) is 6.54 Å². The lowest BCUT2D eigenvalue weighted by molar-refractivity contribution is 0.0949. The van der Waals surface area contributed by atoms with Crippen LogP contribution >= 0.6 is 0 Å². The Kier molecular flexibility index (Phi) is 3.65. The SMILES string of the molecule is O=C(NCc1nc2ccc(F)cc2[nH]1)c1ccc(-n2cnnc2)nc1. The van der Waals surface area contributed by atoms with Crippen LogP contribution in [0.15, 0.2) is 49.2 Å². The summed E-state index contributed by atoms with van der Waals surface area (Å²) in [5.74, 6) is 0.532. The third-order valence-electron chi connectivity index (χ3n) is 3.60. The summed E-state index contributed by atoms with van der Waals surface area (Å²) in [5.41, 5.74) is 1.65. The molecular formula is C16H12FN7O. The van der Waals surface area contributed by atoms with E-state index in [1.165, 1.54) is 31.0 Å². The Bertz CT molecular complexity index is 1020. The first-order chi connectivity index (χ1) is 12.2. The van der Waals surface area contributed by atoms with E-state index in [0.29, 0.717) is 28.2 Å². The number of aromatic nitrogens is 6. The number of carbonyl (C=O) groups excluding carboxylic acids is 1. The standard InChI is InChI=1S/C16H12FN7O/c17-11-2-3-12-13(5-11)23-14(22-12)7-19-16(25)10-1-4-15(18-6-10)24-8-20-21-9-24/h1-6,8-9H,7H2,(H,19,25)(H,22,23). The molecule has 0 aliphatic rings. The number of aromatic amines is 1. The highest BCUT2D eigenvalue weighted by molar-refractivity contribution is 5.93. The van der Waals surface area contributed by atoms with Gasteiger partial charge in [-0.05, 0) is 30.3 Å². The van der Waals surface area contributed by atoms with E-state index in [0.717, 1.165) is 0 Å². The molecule has 0 bridgehead atoms. The number of rotatable bonds is 4. The molecule has 8 nitrogen and oxygen atoms in total. The normalized spacial score (nSPS) is 10.9. The maximum absolute atomic E-state index is 13.2. The molecule has 25 heavy (non-hydrogen) atoms. The summed E-state index contributed by atoms with van der Waals surface area (Å²) in [7, 11) is 0. The van der Waals surface area contributed by atoms with Gasteiger partial charge >= 0.3 is 0 Å². The molecule has 0 atom stereocenters. The molecule has 0 aliphatic heterocycles. The summed E-state index contributed by atoms with van der Waals surface area (Å²) in [5, 5.41) is 10.2. The Balaban J connectivity index is 1.44. The van der Waals surface area contributed by atoms with Gasteiger partial charge in [-0.1, -0.05) is 0 Å². The first-order valence-corrected chi connectivity index (χ1v) is 7.42. The van der Waals surface area contributed by atoms with E-state index in [2.05, 4.69) is 30.5 Å². The van der Waals surface area contributed by atoms with E-state index in [1.54, 1.807) is 22.8 Å². The number of halogens is 1. The lowest BCUT2D eigenvalue weighted by Crippen LogP contribution is -2.23. The predicted molar refractivity (Wildman–Crippen MR) is 86.4 cm³/mol. The second-order valence-electron chi connectivity index (χ2n) is 5.30. The Morgan fingerprint density at radius 3 is 2.80 bits per heavy atom. The van der Waals surface area contributed by atoms with Crippen molar-refractivity contribution in [3.8, 4) is 5.82 Å². The summed E-state index contributed by atoms with van der Waals surface area (Å²) in [4.78, 5) is 23.7. The van der Waals surface area contributed by atoms with Gasteiger partial charge in [-0.3, -0.25) is 9.36 Å². The average molecular weight is 337 g/mol. The highest BCUT2D eigenvalue weighted by Gasteiger charge is 2.09. The number of benzene rings is 1. The molecule has 1 amide bonds. The van der Waals surface area contributed by atoms with Gasteiger partial charge in [-0.2, -0.15) is 0 Å². The predicted octanol–water partition coefficient (Wildman–Crippen LogP) is 1.61. The van der Waals surface area contributed by atoms with Crippen molar-refractivity contribution in [1.82, 2.24) is 35.0 Å². The number of hydrogen-bond acceptors (Lipinski definition) is 5. The van der Waals surface area contributed by atoms with Gasteiger partial charge in [-0.15, -0.1) is 10.2 Å². The Labute approximate surface area is 140 Å². The number of nitrogens with zero attached hydrogens (tertiary/aromatic N) is 5. The van der Waals surface area contributed by atoms with Crippen molar-refractivity contribution in [1.29, 1.82) is 0 Å². The van der Waals surface area contributed by atoms with E-state index >= 15 is 0 Å². The van der Waals surface area contributed by atoms with Crippen molar-refractivity contribution >= 4 is 16.9 Å². The number of carbonyl (C=O) groups is 1. The molecule has 0 fully saturated rings. The van der Waals surface area contributed by atoms with Crippen LogP contribution < -0.4 is 5.32 Å². The largest absolute Gasteiger partial charge is 0.345 e. The fourth-order valence-electron chi connectivity index (χ4n) is 2.38. The van der Waals surface area contributed by atoms with E-state index in [-0.39, 0.29) is 18.3 Å². The van der Waals surface area contributed by atoms with E-state index in [9.17, 15) is 9.18 Å². The second-order valence-corrected chi connectivity index (χ2v) is 5.30. The number of hydrogen-bond donors (Lipinski definition) is 2. The van der Waals surface area contributed by atoms with Gasteiger partial charge < -0.3 is 10.3 Å². The van der Waals surface area contributed by atoms with Crippen LogP contribution in [0.25, 0.3) is 16.9 Å². The Hall–Kier alpha value is -3.62. The van der Waals surface area contributed by atoms with Crippen LogP contribution in [-0.4, -0.2) is 35.6 Å². The Morgan fingerprint density at radius 2 is 2.04 bits per heavy atom. The number of imidazole rings is 1. The zero-order chi connectivity index (χ0) is 17.2. The van der Waals surface area contributed by atoms with Gasteiger partial charge in [-0.25, -0.2) is 14.4 Å². The molecule has 4 rings (SSSR count). The van der Waals surface area contributed by atoms with Gasteiger partial charge in [0.25, 0.3) is 5.91 Å². The van der Waals surface area contributed by atoms with Crippen LogP contribution in [0.4, 0.5) is 4.39 Å². The molecule has 124 valence electrons. The summed E-state index contributed by atoms with van der Waals surface area (Å²) in [6.07, 6.45) is 4.51. The van der Waals surface area contributed by atoms with Gasteiger partial charge in [0.15, 0.2) is 0 Å². The highest BCUT2D eigenvalue weighted by Crippen LogP contribution is 2.13. The minimum absolute atomic E-state index is 0.197. The molecule has 3 heterocycles. The van der Waals surface area contributed by atoms with Crippen LogP contribution in [0.2, 0.25) is 0 Å². The molecule has 9 heteroatoms. The number of pyridine rings is 1. The smallest absolute Gasteiger partial charge is 0.253 e. The monoisotopic (exact) mass is 337 g/mol. The maximum Gasteiger partial charge on any atom is 0.253 e. The number of H-pyrrole nitrogens is 1. The van der Waals surface area contributed by atoms with E-state index < -0.39 is 0 Å². The first-order valence-electron chi connectivity index (χ1n) is 7.42. The van der Waals surface area contributed by atoms with Gasteiger partial charge in [0.2, 0.25) is 0 Å². The summed E-state index contributed by atoms with van der Waals surface area (Å²) >= 11 is 0. The fourth-order valence-corrected chi connectivity index (χ4v) is 2.38. The molecule has 0 aliphatic carbocycles. The quantitative estimate of drug-likeness (QED) is 0.589. The van der Waals surface area contributed by atoms with Crippen molar-refractivity contribution in [3.63, 3.8) is 0 Å². The lowest BCUT2D eigenvalue weighted by Gasteiger charge is -2.04. The zero-order valence-corrected chi connectivity index (χ0v) is 12.8. The van der Waals surface area contributed by atoms with Crippen molar-refractivity contribution in [2.24, 2.45) is 0 Å². The number of fused-ring (bicyclic) bond motifs is 1. The molecule has 2 N–H and O–H groups in total. The molecule has 3 aromatic heterocycles. The minimum atomic E-state index is -0.342. The van der Waals surface area contributed by atoms with Crippen LogP contribution in [0.1, 0.15) is 16.2 Å². The van der Waals surface area contributed by atoms with Crippen LogP contribution in [0.3, 0.4) is 0 Å². The molecule has 0 saturated carbocycles. The molecular weight excluding hydrogens is 325 g/mol. The maximum atomic E-state index is 13.2. The number of amides is 1. The van der Waals surface area contributed by atoms with Crippen molar-refractivity contribution in [3.05, 3.63) is 66.4 Å². The van der Waals surface area contributed by atoms with Gasteiger partial charge in [0, 0.05) is 6.20 Å². The first kappa shape index (κ1) is 14.9. The highest BCUT2D eigenvalue weighted by atomic mass is 19.1. The van der Waals surface area contributed by atoms with Gasteiger partial charge in [0.05, 0.1) is 23.1 Å². The molecule has 0 unspecified atom stereocenters. The van der Waals surface area contributed by atoms with Crippen LogP contribution in [-0.2, 0) is 6.54 Å². The molecule has 0 saturated heterocycles. The van der Waals surface area contributed by atoms with Crippen LogP contribution in [0.5, 0.6) is 0 Å². The van der Waals surface area contributed by atoms with Gasteiger partial charge in [0.1, 0.15) is 30.1 Å². The third kappa shape index (κ3) is 3.07. The van der Waals surface area contributed by atoms with Crippen molar-refractivity contribution in [2.75, 3.05) is 0 Å². The average Bonchev–Trinajstić information content (AvgIpc) is 3.29. The molecule has 4 aromatic rings.